The molecule has 0 spiro atoms. The van der Waals surface area contributed by atoms with Gasteiger partial charge in [0.25, 0.3) is 0 Å². The smallest absolute Gasteiger partial charge is 0.243 e. The zero-order valence-corrected chi connectivity index (χ0v) is 15.1. The molecule has 2 atom stereocenters. The molecule has 6 heteroatoms. The second kappa shape index (κ2) is 7.78. The van der Waals surface area contributed by atoms with Gasteiger partial charge in [-0.25, -0.2) is 0 Å². The summed E-state index contributed by atoms with van der Waals surface area (Å²) in [6.45, 7) is 7.80. The predicted octanol–water partition coefficient (Wildman–Crippen LogP) is 3.60. The number of amides is 1. The largest absolute Gasteiger partial charge is 0.338 e. The molecule has 1 saturated heterocycles. The molecule has 3 rings (SSSR count). The van der Waals surface area contributed by atoms with Crippen LogP contribution in [-0.2, 0) is 4.79 Å². The van der Waals surface area contributed by atoms with Crippen LogP contribution in [0, 0.1) is 5.92 Å². The van der Waals surface area contributed by atoms with Crippen molar-refractivity contribution >= 4 is 11.6 Å². The fourth-order valence-corrected chi connectivity index (χ4v) is 3.15. The van der Waals surface area contributed by atoms with Crippen molar-refractivity contribution in [3.8, 4) is 0 Å². The molecule has 2 heterocycles. The van der Waals surface area contributed by atoms with Crippen LogP contribution in [-0.4, -0.2) is 34.0 Å². The highest BCUT2D eigenvalue weighted by molar-refractivity contribution is 5.92. The summed E-state index contributed by atoms with van der Waals surface area (Å²) in [5.74, 6) is 1.67. The van der Waals surface area contributed by atoms with E-state index in [2.05, 4.69) is 27.3 Å². The first kappa shape index (κ1) is 17.6. The zero-order chi connectivity index (χ0) is 17.8. The summed E-state index contributed by atoms with van der Waals surface area (Å²) < 4.78 is 5.43. The van der Waals surface area contributed by atoms with Crippen LogP contribution >= 0.6 is 0 Å². The number of nitrogens with zero attached hydrogens (tertiary/aromatic N) is 3. The molecular weight excluding hydrogens is 316 g/mol. The monoisotopic (exact) mass is 342 g/mol. The van der Waals surface area contributed by atoms with Gasteiger partial charge >= 0.3 is 0 Å². The van der Waals surface area contributed by atoms with Crippen molar-refractivity contribution in [1.29, 1.82) is 0 Å². The lowest BCUT2D eigenvalue weighted by Crippen LogP contribution is -2.41. The van der Waals surface area contributed by atoms with Crippen molar-refractivity contribution in [2.24, 2.45) is 5.92 Å². The lowest BCUT2D eigenvalue weighted by Gasteiger charge is -2.34. The first-order valence-corrected chi connectivity index (χ1v) is 8.98. The minimum absolute atomic E-state index is 0.0207. The lowest BCUT2D eigenvalue weighted by molar-refractivity contribution is -0.121. The SMILES string of the molecule is CC(C)c1noc([C@H](C)N2CCC[C@H](C(=O)Nc3ccccc3)C2)n1. The van der Waals surface area contributed by atoms with Crippen LogP contribution in [0.15, 0.2) is 34.9 Å². The summed E-state index contributed by atoms with van der Waals surface area (Å²) in [4.78, 5) is 19.3. The number of carbonyl (C=O) groups excluding carboxylic acids is 1. The Morgan fingerprint density at radius 3 is 2.72 bits per heavy atom. The van der Waals surface area contributed by atoms with E-state index in [-0.39, 0.29) is 23.8 Å². The molecule has 0 unspecified atom stereocenters. The van der Waals surface area contributed by atoms with Crippen LogP contribution < -0.4 is 5.32 Å². The molecule has 1 fully saturated rings. The van der Waals surface area contributed by atoms with Gasteiger partial charge in [0, 0.05) is 18.2 Å². The number of carbonyl (C=O) groups is 1. The molecule has 0 bridgehead atoms. The maximum absolute atomic E-state index is 12.6. The fraction of sp³-hybridized carbons (Fsp3) is 0.526. The van der Waals surface area contributed by atoms with Crippen LogP contribution in [0.1, 0.15) is 57.3 Å². The number of piperidine rings is 1. The third kappa shape index (κ3) is 4.25. The van der Waals surface area contributed by atoms with Crippen molar-refractivity contribution in [2.45, 2.75) is 45.6 Å². The van der Waals surface area contributed by atoms with Crippen LogP contribution in [0.5, 0.6) is 0 Å². The van der Waals surface area contributed by atoms with Gasteiger partial charge in [0.05, 0.1) is 12.0 Å². The van der Waals surface area contributed by atoms with Crippen LogP contribution in [0.2, 0.25) is 0 Å². The highest BCUT2D eigenvalue weighted by Crippen LogP contribution is 2.27. The van der Waals surface area contributed by atoms with Crippen LogP contribution in [0.4, 0.5) is 5.69 Å². The highest BCUT2D eigenvalue weighted by Gasteiger charge is 2.31. The summed E-state index contributed by atoms with van der Waals surface area (Å²) >= 11 is 0. The number of hydrogen-bond acceptors (Lipinski definition) is 5. The van der Waals surface area contributed by atoms with E-state index < -0.39 is 0 Å². The zero-order valence-electron chi connectivity index (χ0n) is 15.1. The van der Waals surface area contributed by atoms with Crippen LogP contribution in [0.3, 0.4) is 0 Å². The van der Waals surface area contributed by atoms with E-state index >= 15 is 0 Å². The summed E-state index contributed by atoms with van der Waals surface area (Å²) in [5.41, 5.74) is 0.844. The van der Waals surface area contributed by atoms with E-state index in [0.717, 1.165) is 30.9 Å². The molecule has 0 aliphatic carbocycles. The molecule has 2 aromatic rings. The third-order valence-electron chi connectivity index (χ3n) is 4.74. The third-order valence-corrected chi connectivity index (χ3v) is 4.74. The van der Waals surface area contributed by atoms with E-state index in [9.17, 15) is 4.79 Å². The summed E-state index contributed by atoms with van der Waals surface area (Å²) in [6.07, 6.45) is 1.89. The second-order valence-corrected chi connectivity index (χ2v) is 7.01. The topological polar surface area (TPSA) is 71.3 Å². The molecule has 1 aromatic carbocycles. The number of para-hydroxylation sites is 1. The Kier molecular flexibility index (Phi) is 5.48. The average molecular weight is 342 g/mol. The predicted molar refractivity (Wildman–Crippen MR) is 96.2 cm³/mol. The van der Waals surface area contributed by atoms with E-state index in [4.69, 9.17) is 4.52 Å². The van der Waals surface area contributed by atoms with Gasteiger partial charge in [-0.2, -0.15) is 4.98 Å². The van der Waals surface area contributed by atoms with Gasteiger partial charge in [-0.05, 0) is 38.4 Å². The van der Waals surface area contributed by atoms with Gasteiger partial charge in [0.1, 0.15) is 0 Å². The Bertz CT molecular complexity index is 698. The maximum atomic E-state index is 12.6. The van der Waals surface area contributed by atoms with E-state index in [0.29, 0.717) is 12.4 Å². The molecule has 1 amide bonds. The molecule has 25 heavy (non-hydrogen) atoms. The Hall–Kier alpha value is -2.21. The van der Waals surface area contributed by atoms with Gasteiger partial charge < -0.3 is 9.84 Å². The number of nitrogens with one attached hydrogen (secondary N) is 1. The van der Waals surface area contributed by atoms with Crippen molar-refractivity contribution in [1.82, 2.24) is 15.0 Å². The number of rotatable bonds is 5. The van der Waals surface area contributed by atoms with Gasteiger partial charge in [-0.15, -0.1) is 0 Å². The lowest BCUT2D eigenvalue weighted by atomic mass is 9.96. The minimum Gasteiger partial charge on any atom is -0.338 e. The van der Waals surface area contributed by atoms with Gasteiger partial charge in [-0.1, -0.05) is 37.2 Å². The Morgan fingerprint density at radius 2 is 2.04 bits per heavy atom. The summed E-state index contributed by atoms with van der Waals surface area (Å²) in [5, 5.41) is 7.06. The highest BCUT2D eigenvalue weighted by atomic mass is 16.5. The van der Waals surface area contributed by atoms with Crippen molar-refractivity contribution in [2.75, 3.05) is 18.4 Å². The summed E-state index contributed by atoms with van der Waals surface area (Å²) in [6, 6.07) is 9.63. The normalized spacial score (nSPS) is 19.8. The van der Waals surface area contributed by atoms with Crippen molar-refractivity contribution in [3.05, 3.63) is 42.0 Å². The van der Waals surface area contributed by atoms with E-state index in [1.54, 1.807) is 0 Å². The first-order valence-electron chi connectivity index (χ1n) is 8.98. The molecule has 1 aliphatic rings. The Balaban J connectivity index is 1.62. The molecule has 1 aliphatic heterocycles. The number of aromatic nitrogens is 2. The van der Waals surface area contributed by atoms with Crippen molar-refractivity contribution in [3.63, 3.8) is 0 Å². The first-order chi connectivity index (χ1) is 12.0. The Morgan fingerprint density at radius 1 is 1.28 bits per heavy atom. The summed E-state index contributed by atoms with van der Waals surface area (Å²) in [7, 11) is 0. The standard InChI is InChI=1S/C19H26N4O2/c1-13(2)17-21-19(25-22-17)14(3)23-11-7-8-15(12-23)18(24)20-16-9-5-4-6-10-16/h4-6,9-10,13-15H,7-8,11-12H2,1-3H3,(H,20,24)/t14-,15-/m0/s1. The van der Waals surface area contributed by atoms with E-state index in [1.165, 1.54) is 0 Å². The molecule has 1 N–H and O–H groups in total. The van der Waals surface area contributed by atoms with Gasteiger partial charge in [0.2, 0.25) is 11.8 Å². The molecular formula is C19H26N4O2. The van der Waals surface area contributed by atoms with Gasteiger partial charge in [-0.3, -0.25) is 9.69 Å². The molecule has 1 aromatic heterocycles. The number of benzene rings is 1. The number of likely N-dealkylation sites (tertiary alicyclic amines) is 1. The molecule has 6 nitrogen and oxygen atoms in total. The minimum atomic E-state index is -0.0242. The number of anilines is 1. The second-order valence-electron chi connectivity index (χ2n) is 7.01. The molecule has 134 valence electrons. The van der Waals surface area contributed by atoms with Gasteiger partial charge in [0.15, 0.2) is 5.82 Å². The van der Waals surface area contributed by atoms with Crippen LogP contribution in [0.25, 0.3) is 0 Å². The maximum Gasteiger partial charge on any atom is 0.243 e. The van der Waals surface area contributed by atoms with E-state index in [1.807, 2.05) is 44.2 Å². The Labute approximate surface area is 148 Å². The molecule has 0 saturated carbocycles. The fourth-order valence-electron chi connectivity index (χ4n) is 3.15. The molecule has 0 radical (unpaired) electrons. The van der Waals surface area contributed by atoms with Crippen molar-refractivity contribution < 1.29 is 9.32 Å². The quantitative estimate of drug-likeness (QED) is 0.899. The number of hydrogen-bond donors (Lipinski definition) is 1. The average Bonchev–Trinajstić information content (AvgIpc) is 3.12.